The minimum atomic E-state index is -0.103. The van der Waals surface area contributed by atoms with Gasteiger partial charge >= 0.3 is 0 Å². The van der Waals surface area contributed by atoms with E-state index in [4.69, 9.17) is 9.26 Å². The number of nitrogens with one attached hydrogen (secondary N) is 1. The molecule has 1 aromatic carbocycles. The molecule has 0 saturated heterocycles. The largest absolute Gasteiger partial charge is 0.365 e. The molecule has 2 aromatic heterocycles. The summed E-state index contributed by atoms with van der Waals surface area (Å²) in [4.78, 5) is 13.3. The van der Waals surface area contributed by atoms with Gasteiger partial charge in [-0.25, -0.2) is 0 Å². The van der Waals surface area contributed by atoms with E-state index in [1.54, 1.807) is 11.3 Å². The third-order valence-corrected chi connectivity index (χ3v) is 5.40. The number of fused-ring (bicyclic) bond motifs is 1. The topological polar surface area (TPSA) is 64.4 Å². The van der Waals surface area contributed by atoms with Crippen LogP contribution in [-0.2, 0) is 22.6 Å². The maximum absolute atomic E-state index is 12.2. The lowest BCUT2D eigenvalue weighted by Gasteiger charge is -2.26. The molecule has 5 nitrogen and oxygen atoms in total. The van der Waals surface area contributed by atoms with Crippen LogP contribution in [0.2, 0.25) is 0 Å². The molecular weight excluding hydrogens is 348 g/mol. The third-order valence-electron chi connectivity index (χ3n) is 4.51. The SMILES string of the molecule is O=C(COCc1cc(-c2cccs2)on1)N[C@H]1CCCc2ccccc21. The van der Waals surface area contributed by atoms with E-state index in [-0.39, 0.29) is 25.2 Å². The summed E-state index contributed by atoms with van der Waals surface area (Å²) in [5, 5.41) is 9.06. The molecule has 4 rings (SSSR count). The van der Waals surface area contributed by atoms with Crippen LogP contribution >= 0.6 is 11.3 Å². The second-order valence-corrected chi connectivity index (χ2v) is 7.31. The van der Waals surface area contributed by atoms with Gasteiger partial charge in [-0.1, -0.05) is 35.5 Å². The molecule has 0 fully saturated rings. The van der Waals surface area contributed by atoms with Gasteiger partial charge in [-0.05, 0) is 41.8 Å². The van der Waals surface area contributed by atoms with E-state index in [0.717, 1.165) is 29.9 Å². The van der Waals surface area contributed by atoms with Crippen molar-refractivity contribution in [2.45, 2.75) is 31.9 Å². The molecular formula is C20H20N2O3S. The molecule has 1 N–H and O–H groups in total. The van der Waals surface area contributed by atoms with Crippen LogP contribution in [0.4, 0.5) is 0 Å². The highest BCUT2D eigenvalue weighted by molar-refractivity contribution is 7.13. The van der Waals surface area contributed by atoms with Crippen molar-refractivity contribution in [3.63, 3.8) is 0 Å². The van der Waals surface area contributed by atoms with Gasteiger partial charge in [-0.2, -0.15) is 0 Å². The number of thiophene rings is 1. The van der Waals surface area contributed by atoms with Crippen LogP contribution in [0.5, 0.6) is 0 Å². The van der Waals surface area contributed by atoms with Gasteiger partial charge in [-0.15, -0.1) is 11.3 Å². The summed E-state index contributed by atoms with van der Waals surface area (Å²) in [6.07, 6.45) is 3.14. The summed E-state index contributed by atoms with van der Waals surface area (Å²) >= 11 is 1.59. The Kier molecular flexibility index (Phi) is 5.13. The smallest absolute Gasteiger partial charge is 0.246 e. The Bertz CT molecular complexity index is 873. The van der Waals surface area contributed by atoms with Crippen LogP contribution in [-0.4, -0.2) is 17.7 Å². The van der Waals surface area contributed by atoms with Gasteiger partial charge in [0.05, 0.1) is 17.5 Å². The van der Waals surface area contributed by atoms with Crippen LogP contribution in [0.1, 0.15) is 35.7 Å². The van der Waals surface area contributed by atoms with Gasteiger partial charge in [0.15, 0.2) is 5.76 Å². The molecule has 0 radical (unpaired) electrons. The lowest BCUT2D eigenvalue weighted by molar-refractivity contribution is -0.127. The number of carbonyl (C=O) groups excluding carboxylic acids is 1. The van der Waals surface area contributed by atoms with E-state index in [1.165, 1.54) is 11.1 Å². The average Bonchev–Trinajstić information content (AvgIpc) is 3.34. The zero-order chi connectivity index (χ0) is 17.8. The number of aromatic nitrogens is 1. The quantitative estimate of drug-likeness (QED) is 0.711. The van der Waals surface area contributed by atoms with Crippen LogP contribution in [0.25, 0.3) is 10.6 Å². The molecule has 0 bridgehead atoms. The first-order valence-corrected chi connectivity index (χ1v) is 9.62. The molecule has 0 saturated carbocycles. The van der Waals surface area contributed by atoms with Crippen molar-refractivity contribution in [2.75, 3.05) is 6.61 Å². The second-order valence-electron chi connectivity index (χ2n) is 6.36. The summed E-state index contributed by atoms with van der Waals surface area (Å²) < 4.78 is 10.8. The minimum absolute atomic E-state index is 0.0138. The van der Waals surface area contributed by atoms with E-state index in [2.05, 4.69) is 28.7 Å². The Morgan fingerprint density at radius 2 is 2.23 bits per heavy atom. The fourth-order valence-corrected chi connectivity index (χ4v) is 3.98. The Morgan fingerprint density at radius 3 is 3.12 bits per heavy atom. The Labute approximate surface area is 156 Å². The molecule has 1 amide bonds. The van der Waals surface area contributed by atoms with Gasteiger partial charge in [0, 0.05) is 6.07 Å². The van der Waals surface area contributed by atoms with Crippen molar-refractivity contribution in [2.24, 2.45) is 0 Å². The summed E-state index contributed by atoms with van der Waals surface area (Å²) in [6, 6.07) is 14.2. The fraction of sp³-hybridized carbons (Fsp3) is 0.300. The van der Waals surface area contributed by atoms with Gasteiger partial charge in [-0.3, -0.25) is 4.79 Å². The zero-order valence-corrected chi connectivity index (χ0v) is 15.1. The maximum atomic E-state index is 12.2. The number of hydrogen-bond acceptors (Lipinski definition) is 5. The zero-order valence-electron chi connectivity index (χ0n) is 14.3. The van der Waals surface area contributed by atoms with E-state index < -0.39 is 0 Å². The maximum Gasteiger partial charge on any atom is 0.246 e. The van der Waals surface area contributed by atoms with Gasteiger partial charge in [0.2, 0.25) is 5.91 Å². The number of aryl methyl sites for hydroxylation is 1. The molecule has 2 heterocycles. The summed E-state index contributed by atoms with van der Waals surface area (Å²) in [6.45, 7) is 0.267. The number of ether oxygens (including phenoxy) is 1. The van der Waals surface area contributed by atoms with Crippen molar-refractivity contribution < 1.29 is 14.1 Å². The highest BCUT2D eigenvalue weighted by Crippen LogP contribution is 2.29. The predicted octanol–water partition coefficient (Wildman–Crippen LogP) is 4.11. The van der Waals surface area contributed by atoms with Crippen LogP contribution < -0.4 is 5.32 Å². The van der Waals surface area contributed by atoms with Crippen molar-refractivity contribution in [3.05, 3.63) is 64.7 Å². The van der Waals surface area contributed by atoms with E-state index in [0.29, 0.717) is 5.69 Å². The van der Waals surface area contributed by atoms with Crippen molar-refractivity contribution in [1.82, 2.24) is 10.5 Å². The first-order chi connectivity index (χ1) is 12.8. The lowest BCUT2D eigenvalue weighted by Crippen LogP contribution is -2.33. The van der Waals surface area contributed by atoms with Crippen LogP contribution in [0.15, 0.2) is 52.4 Å². The monoisotopic (exact) mass is 368 g/mol. The van der Waals surface area contributed by atoms with E-state index in [9.17, 15) is 4.79 Å². The number of carbonyl (C=O) groups is 1. The lowest BCUT2D eigenvalue weighted by atomic mass is 9.88. The third kappa shape index (κ3) is 3.86. The van der Waals surface area contributed by atoms with Gasteiger partial charge in [0.25, 0.3) is 0 Å². The van der Waals surface area contributed by atoms with Crippen molar-refractivity contribution in [1.29, 1.82) is 0 Å². The predicted molar refractivity (Wildman–Crippen MR) is 99.7 cm³/mol. The highest BCUT2D eigenvalue weighted by atomic mass is 32.1. The second kappa shape index (κ2) is 7.85. The summed E-state index contributed by atoms with van der Waals surface area (Å²) in [7, 11) is 0. The first-order valence-electron chi connectivity index (χ1n) is 8.74. The highest BCUT2D eigenvalue weighted by Gasteiger charge is 2.21. The fourth-order valence-electron chi connectivity index (χ4n) is 3.30. The molecule has 26 heavy (non-hydrogen) atoms. The van der Waals surface area contributed by atoms with Crippen molar-refractivity contribution in [3.8, 4) is 10.6 Å². The number of rotatable bonds is 6. The standard InChI is InChI=1S/C20H20N2O3S/c23-20(21-17-8-3-6-14-5-1-2-7-16(14)17)13-24-12-15-11-18(25-22-15)19-9-4-10-26-19/h1-2,4-5,7,9-11,17H,3,6,8,12-13H2,(H,21,23)/t17-/m0/s1. The Hall–Kier alpha value is -2.44. The van der Waals surface area contributed by atoms with E-state index >= 15 is 0 Å². The molecule has 134 valence electrons. The summed E-state index contributed by atoms with van der Waals surface area (Å²) in [5.41, 5.74) is 3.24. The molecule has 0 aliphatic heterocycles. The Balaban J connectivity index is 1.27. The average molecular weight is 368 g/mol. The molecule has 1 aliphatic rings. The molecule has 0 spiro atoms. The van der Waals surface area contributed by atoms with Gasteiger partial charge in [0.1, 0.15) is 12.3 Å². The minimum Gasteiger partial charge on any atom is -0.365 e. The van der Waals surface area contributed by atoms with Crippen LogP contribution in [0.3, 0.4) is 0 Å². The first kappa shape index (κ1) is 17.0. The molecule has 6 heteroatoms. The molecule has 1 atom stereocenters. The molecule has 3 aromatic rings. The molecule has 1 aliphatic carbocycles. The number of amides is 1. The number of benzene rings is 1. The van der Waals surface area contributed by atoms with Crippen molar-refractivity contribution >= 4 is 17.2 Å². The normalized spacial score (nSPS) is 16.2. The van der Waals surface area contributed by atoms with Crippen LogP contribution in [0, 0.1) is 0 Å². The Morgan fingerprint density at radius 1 is 1.31 bits per heavy atom. The van der Waals surface area contributed by atoms with Gasteiger partial charge < -0.3 is 14.6 Å². The summed E-state index contributed by atoms with van der Waals surface area (Å²) in [5.74, 6) is 0.621. The van der Waals surface area contributed by atoms with E-state index in [1.807, 2.05) is 29.6 Å². The number of nitrogens with zero attached hydrogens (tertiary/aromatic N) is 1. The molecule has 0 unspecified atom stereocenters. The number of hydrogen-bond donors (Lipinski definition) is 1.